The summed E-state index contributed by atoms with van der Waals surface area (Å²) in [6.07, 6.45) is 0.988. The van der Waals surface area contributed by atoms with Crippen LogP contribution in [0.5, 0.6) is 0 Å². The molecule has 0 unspecified atom stereocenters. The van der Waals surface area contributed by atoms with Crippen molar-refractivity contribution in [2.45, 2.75) is 51.6 Å². The largest absolute Gasteiger partial charge is 0.480 e. The molecule has 325 valence electrons. The van der Waals surface area contributed by atoms with Crippen molar-refractivity contribution in [3.05, 3.63) is 0 Å². The first-order valence-electron chi connectivity index (χ1n) is 18.2. The third-order valence-corrected chi connectivity index (χ3v) is 9.19. The molecule has 0 bridgehead atoms. The zero-order valence-electron chi connectivity index (χ0n) is 31.9. The van der Waals surface area contributed by atoms with E-state index in [0.29, 0.717) is 19.4 Å². The molecule has 0 saturated carbocycles. The molecule has 1 radical (unpaired) electrons. The van der Waals surface area contributed by atoms with Gasteiger partial charge in [-0.3, -0.25) is 58.0 Å². The normalized spacial score (nSPS) is 19.0. The number of aliphatic carboxylic acids is 3. The van der Waals surface area contributed by atoms with E-state index in [2.05, 4.69) is 21.3 Å². The number of amides is 5. The van der Waals surface area contributed by atoms with Crippen LogP contribution in [0.4, 0.5) is 0 Å². The maximum absolute atomic E-state index is 13.0. The van der Waals surface area contributed by atoms with Gasteiger partial charge in [0.25, 0.3) is 0 Å². The predicted octanol–water partition coefficient (Wildman–Crippen LogP) is -5.66. The van der Waals surface area contributed by atoms with Crippen molar-refractivity contribution in [1.82, 2.24) is 45.8 Å². The number of nitrogens with zero attached hydrogens (tertiary/aromatic N) is 5. The molecule has 0 aromatic carbocycles. The monoisotopic (exact) mass is 960 g/mol. The number of carbonyl (C=O) groups excluding carboxylic acids is 5. The van der Waals surface area contributed by atoms with Crippen LogP contribution in [0.15, 0.2) is 0 Å². The van der Waals surface area contributed by atoms with Crippen molar-refractivity contribution < 1.29 is 101 Å². The second kappa shape index (κ2) is 25.9. The standard InChI is InChI=1S/C32H56BN9O13.Lu/c1-21(2)30(31(52)36-22(3)32(53)42-6-4-5-23(42)33(54)55)37-25(44)16-34-24(43)15-35-26(45)17-38-7-9-39(18-27(46)47)11-13-41(20-29(50)51)14-12-40(10-8-38)19-28(48)49;/h21-23,30,54-55H,4-20H2,1-3H3,(H,34,43)(H,35,45)(H,36,52)(H,37,44)(H,46,47)(H,48,49)(H,50,51);/t22-,23+,30+;/m1./s1. The summed E-state index contributed by atoms with van der Waals surface area (Å²) in [6, 6.07) is -2.09. The predicted molar refractivity (Wildman–Crippen MR) is 194 cm³/mol. The third-order valence-electron chi connectivity index (χ3n) is 9.19. The van der Waals surface area contributed by atoms with Crippen molar-refractivity contribution in [3.63, 3.8) is 0 Å². The summed E-state index contributed by atoms with van der Waals surface area (Å²) < 4.78 is 0. The van der Waals surface area contributed by atoms with Gasteiger partial charge >= 0.3 is 25.0 Å². The van der Waals surface area contributed by atoms with Gasteiger partial charge in [-0.15, -0.1) is 0 Å². The van der Waals surface area contributed by atoms with Crippen molar-refractivity contribution in [2.75, 3.05) is 98.2 Å². The zero-order valence-corrected chi connectivity index (χ0v) is 33.6. The van der Waals surface area contributed by atoms with E-state index in [9.17, 15) is 63.7 Å². The first-order valence-corrected chi connectivity index (χ1v) is 18.2. The second-order valence-electron chi connectivity index (χ2n) is 14.0. The number of likely N-dealkylation sites (tertiary alicyclic amines) is 1. The molecule has 9 N–H and O–H groups in total. The summed E-state index contributed by atoms with van der Waals surface area (Å²) in [5.74, 6) is -7.58. The van der Waals surface area contributed by atoms with E-state index < -0.39 is 91.6 Å². The van der Waals surface area contributed by atoms with Crippen LogP contribution in [0.1, 0.15) is 33.6 Å². The van der Waals surface area contributed by atoms with Crippen molar-refractivity contribution in [1.29, 1.82) is 0 Å². The molecular weight excluding hydrogens is 904 g/mol. The maximum Gasteiger partial charge on any atom is 0.475 e. The number of carboxylic acid groups (broad SMARTS) is 3. The number of hydrogen-bond acceptors (Lipinski definition) is 14. The quantitative estimate of drug-likeness (QED) is 0.0579. The molecule has 0 spiro atoms. The van der Waals surface area contributed by atoms with E-state index in [1.807, 2.05) is 0 Å². The van der Waals surface area contributed by atoms with Gasteiger partial charge in [-0.05, 0) is 25.7 Å². The van der Waals surface area contributed by atoms with Gasteiger partial charge < -0.3 is 51.5 Å². The summed E-state index contributed by atoms with van der Waals surface area (Å²) in [5, 5.41) is 57.1. The average molecular weight is 961 g/mol. The molecule has 2 saturated heterocycles. The molecule has 0 aliphatic carbocycles. The SMILES string of the molecule is CC(C)[C@H](NC(=O)CNC(=O)CNC(=O)CN1CCN(CC(=O)O)CCN(CC(=O)O)CCN(CC(=O)O)CC1)C(=O)N[C@H](C)C(=O)N1CCC[C@H]1B(O)O.[Lu]. The van der Waals surface area contributed by atoms with E-state index >= 15 is 0 Å². The van der Waals surface area contributed by atoms with Crippen LogP contribution in [0.3, 0.4) is 0 Å². The number of carboxylic acids is 3. The average Bonchev–Trinajstić information content (AvgIpc) is 3.59. The Morgan fingerprint density at radius 1 is 0.607 bits per heavy atom. The minimum absolute atomic E-state index is 0. The Kier molecular flexibility index (Phi) is 23.6. The van der Waals surface area contributed by atoms with Crippen LogP contribution in [0.2, 0.25) is 0 Å². The Bertz CT molecular complexity index is 1330. The molecule has 0 aromatic heterocycles. The van der Waals surface area contributed by atoms with Crippen molar-refractivity contribution >= 4 is 54.6 Å². The first-order chi connectivity index (χ1) is 25.9. The van der Waals surface area contributed by atoms with E-state index in [1.165, 1.54) is 11.8 Å². The van der Waals surface area contributed by atoms with E-state index in [-0.39, 0.29) is 115 Å². The number of rotatable bonds is 18. The van der Waals surface area contributed by atoms with Crippen LogP contribution < -0.4 is 21.3 Å². The van der Waals surface area contributed by atoms with Crippen LogP contribution in [-0.4, -0.2) is 221 Å². The fraction of sp³-hybridized carbons (Fsp3) is 0.750. The molecule has 2 heterocycles. The zero-order chi connectivity index (χ0) is 41.2. The Morgan fingerprint density at radius 2 is 1.02 bits per heavy atom. The van der Waals surface area contributed by atoms with Crippen LogP contribution >= 0.6 is 0 Å². The van der Waals surface area contributed by atoms with Gasteiger partial charge in [-0.1, -0.05) is 13.8 Å². The number of nitrogens with one attached hydrogen (secondary N) is 4. The van der Waals surface area contributed by atoms with Crippen molar-refractivity contribution in [3.8, 4) is 0 Å². The molecule has 2 aliphatic heterocycles. The molecule has 22 nitrogen and oxygen atoms in total. The first kappa shape index (κ1) is 50.8. The Labute approximate surface area is 354 Å². The van der Waals surface area contributed by atoms with Gasteiger partial charge in [-0.2, -0.15) is 0 Å². The minimum Gasteiger partial charge on any atom is -0.480 e. The Morgan fingerprint density at radius 3 is 1.43 bits per heavy atom. The molecule has 5 amide bonds. The molecule has 2 aliphatic rings. The van der Waals surface area contributed by atoms with Gasteiger partial charge in [0.2, 0.25) is 29.5 Å². The van der Waals surface area contributed by atoms with E-state index in [1.54, 1.807) is 33.4 Å². The molecule has 2 rings (SSSR count). The van der Waals surface area contributed by atoms with Crippen molar-refractivity contribution in [2.24, 2.45) is 5.92 Å². The van der Waals surface area contributed by atoms with Crippen LogP contribution in [-0.2, 0) is 38.4 Å². The molecule has 56 heavy (non-hydrogen) atoms. The summed E-state index contributed by atoms with van der Waals surface area (Å²) in [4.78, 5) is 106. The molecule has 24 heteroatoms. The summed E-state index contributed by atoms with van der Waals surface area (Å²) in [5.41, 5.74) is 0. The molecule has 2 fully saturated rings. The maximum atomic E-state index is 13.0. The van der Waals surface area contributed by atoms with Crippen LogP contribution in [0, 0.1) is 42.8 Å². The third kappa shape index (κ3) is 19.3. The molecule has 0 aromatic rings. The topological polar surface area (TPSA) is 302 Å². The fourth-order valence-corrected chi connectivity index (χ4v) is 6.21. The van der Waals surface area contributed by atoms with Crippen LogP contribution in [0.25, 0.3) is 0 Å². The minimum atomic E-state index is -1.72. The van der Waals surface area contributed by atoms with Gasteiger partial charge in [0.05, 0.1) is 45.2 Å². The fourth-order valence-electron chi connectivity index (χ4n) is 6.21. The Hall–Kier alpha value is -3.18. The number of carbonyl (C=O) groups is 8. The molecule has 3 atom stereocenters. The van der Waals surface area contributed by atoms with Gasteiger partial charge in [-0.25, -0.2) is 0 Å². The summed E-state index contributed by atoms with van der Waals surface area (Å²) in [6.45, 7) is 4.59. The van der Waals surface area contributed by atoms with E-state index in [0.717, 1.165) is 0 Å². The summed E-state index contributed by atoms with van der Waals surface area (Å²) >= 11 is 0. The summed E-state index contributed by atoms with van der Waals surface area (Å²) in [7, 11) is -1.72. The van der Waals surface area contributed by atoms with Gasteiger partial charge in [0.1, 0.15) is 12.1 Å². The van der Waals surface area contributed by atoms with Gasteiger partial charge in [0.15, 0.2) is 0 Å². The number of hydrogen-bond donors (Lipinski definition) is 9. The Balaban J connectivity index is 0.0000157. The second-order valence-corrected chi connectivity index (χ2v) is 14.0. The van der Waals surface area contributed by atoms with E-state index in [4.69, 9.17) is 0 Å². The smallest absolute Gasteiger partial charge is 0.475 e. The molecular formula is C32H56BLuN9O13. The van der Waals surface area contributed by atoms with Gasteiger partial charge in [0, 0.05) is 95.8 Å².